The summed E-state index contributed by atoms with van der Waals surface area (Å²) in [5, 5.41) is 17.0. The molecule has 1 aromatic carbocycles. The van der Waals surface area contributed by atoms with E-state index in [1.54, 1.807) is 6.20 Å². The predicted octanol–water partition coefficient (Wildman–Crippen LogP) is 3.21. The van der Waals surface area contributed by atoms with Crippen LogP contribution in [0.1, 0.15) is 50.5 Å². The normalized spacial score (nSPS) is 13.3. The number of aliphatic imine (C=N–C) groups is 1. The highest BCUT2D eigenvalue weighted by atomic mass is 16.3. The van der Waals surface area contributed by atoms with E-state index in [1.807, 2.05) is 31.3 Å². The van der Waals surface area contributed by atoms with Gasteiger partial charge in [0.05, 0.1) is 12.6 Å². The molecular weight excluding hydrogens is 336 g/mol. The molecule has 0 fully saturated rings. The molecule has 0 bridgehead atoms. The average Bonchev–Trinajstić information content (AvgIpc) is 2.66. The molecule has 27 heavy (non-hydrogen) atoms. The monoisotopic (exact) mass is 368 g/mol. The molecule has 0 amide bonds. The summed E-state index contributed by atoms with van der Waals surface area (Å²) < 4.78 is 0. The van der Waals surface area contributed by atoms with E-state index in [-0.39, 0.29) is 5.41 Å². The minimum absolute atomic E-state index is 0.109. The number of pyridine rings is 1. The zero-order valence-corrected chi connectivity index (χ0v) is 16.9. The van der Waals surface area contributed by atoms with E-state index >= 15 is 0 Å². The van der Waals surface area contributed by atoms with Gasteiger partial charge < -0.3 is 15.7 Å². The summed E-state index contributed by atoms with van der Waals surface area (Å²) in [7, 11) is 0. The fraction of sp³-hybridized carbons (Fsp3) is 0.455. The molecule has 0 spiro atoms. The first-order chi connectivity index (χ1) is 12.9. The lowest BCUT2D eigenvalue weighted by molar-refractivity contribution is 0.187. The van der Waals surface area contributed by atoms with Crippen LogP contribution < -0.4 is 10.6 Å². The maximum atomic E-state index is 10.5. The topological polar surface area (TPSA) is 69.5 Å². The molecule has 0 radical (unpaired) electrons. The van der Waals surface area contributed by atoms with Crippen LogP contribution in [-0.4, -0.2) is 35.7 Å². The molecule has 1 aromatic heterocycles. The number of hydrogen-bond acceptors (Lipinski definition) is 3. The third kappa shape index (κ3) is 7.02. The highest BCUT2D eigenvalue weighted by molar-refractivity contribution is 5.79. The van der Waals surface area contributed by atoms with Gasteiger partial charge in [0.2, 0.25) is 0 Å². The van der Waals surface area contributed by atoms with Gasteiger partial charge >= 0.3 is 0 Å². The lowest BCUT2D eigenvalue weighted by atomic mass is 9.86. The molecule has 0 aliphatic heterocycles. The van der Waals surface area contributed by atoms with Crippen LogP contribution in [-0.2, 0) is 11.8 Å². The number of hydrogen-bond donors (Lipinski definition) is 3. The van der Waals surface area contributed by atoms with Gasteiger partial charge in [0.25, 0.3) is 0 Å². The van der Waals surface area contributed by atoms with E-state index < -0.39 is 6.10 Å². The van der Waals surface area contributed by atoms with Crippen molar-refractivity contribution in [2.45, 2.75) is 45.6 Å². The molecule has 146 valence electrons. The number of guanidine groups is 1. The second-order valence-electron chi connectivity index (χ2n) is 7.65. The second-order valence-corrected chi connectivity index (χ2v) is 7.65. The van der Waals surface area contributed by atoms with Crippen molar-refractivity contribution in [1.29, 1.82) is 0 Å². The molecule has 1 unspecified atom stereocenters. The number of nitrogens with one attached hydrogen (secondary N) is 2. The van der Waals surface area contributed by atoms with Crippen molar-refractivity contribution >= 4 is 5.96 Å². The maximum Gasteiger partial charge on any atom is 0.191 e. The van der Waals surface area contributed by atoms with Crippen LogP contribution in [0.3, 0.4) is 0 Å². The minimum atomic E-state index is -0.618. The maximum absolute atomic E-state index is 10.5. The van der Waals surface area contributed by atoms with Gasteiger partial charge in [-0.2, -0.15) is 0 Å². The van der Waals surface area contributed by atoms with Crippen molar-refractivity contribution in [1.82, 2.24) is 15.6 Å². The molecule has 0 aliphatic carbocycles. The number of benzene rings is 1. The standard InChI is InChI=1S/C22H32N4O/c1-5-24-21(25-14-12-17-7-6-13-23-15-17)26-16-20(27)18-8-10-19(11-9-18)22(2,3)4/h6-11,13,15,20,27H,5,12,14,16H2,1-4H3,(H2,24,25,26). The highest BCUT2D eigenvalue weighted by Gasteiger charge is 2.14. The van der Waals surface area contributed by atoms with Crippen LogP contribution in [0.25, 0.3) is 0 Å². The average molecular weight is 369 g/mol. The first kappa shape index (κ1) is 20.9. The van der Waals surface area contributed by atoms with Crippen molar-refractivity contribution < 1.29 is 5.11 Å². The Hall–Kier alpha value is -2.40. The number of aliphatic hydroxyl groups is 1. The minimum Gasteiger partial charge on any atom is -0.386 e. The summed E-state index contributed by atoms with van der Waals surface area (Å²) in [6, 6.07) is 12.1. The summed E-state index contributed by atoms with van der Waals surface area (Å²) in [4.78, 5) is 8.65. The summed E-state index contributed by atoms with van der Waals surface area (Å²) in [5.41, 5.74) is 3.43. The van der Waals surface area contributed by atoms with Crippen molar-refractivity contribution in [3.8, 4) is 0 Å². The number of aromatic nitrogens is 1. The Morgan fingerprint density at radius 2 is 1.89 bits per heavy atom. The zero-order valence-electron chi connectivity index (χ0n) is 16.9. The third-order valence-corrected chi connectivity index (χ3v) is 4.36. The second kappa shape index (κ2) is 10.1. The van der Waals surface area contributed by atoms with Gasteiger partial charge in [-0.1, -0.05) is 51.1 Å². The SMILES string of the molecule is CCNC(=NCC(O)c1ccc(C(C)(C)C)cc1)NCCc1cccnc1. The van der Waals surface area contributed by atoms with Gasteiger partial charge in [-0.3, -0.25) is 9.98 Å². The Bertz CT molecular complexity index is 705. The van der Waals surface area contributed by atoms with Crippen LogP contribution in [0.5, 0.6) is 0 Å². The van der Waals surface area contributed by atoms with E-state index in [2.05, 4.69) is 59.6 Å². The van der Waals surface area contributed by atoms with E-state index in [1.165, 1.54) is 11.1 Å². The van der Waals surface area contributed by atoms with Gasteiger partial charge in [0, 0.05) is 25.5 Å². The quantitative estimate of drug-likeness (QED) is 0.518. The number of aliphatic hydroxyl groups excluding tert-OH is 1. The molecule has 1 atom stereocenters. The Morgan fingerprint density at radius 3 is 2.48 bits per heavy atom. The van der Waals surface area contributed by atoms with E-state index in [4.69, 9.17) is 0 Å². The van der Waals surface area contributed by atoms with Crippen molar-refractivity contribution in [3.63, 3.8) is 0 Å². The molecule has 3 N–H and O–H groups in total. The number of nitrogens with zero attached hydrogens (tertiary/aromatic N) is 2. The van der Waals surface area contributed by atoms with Crippen LogP contribution in [0.2, 0.25) is 0 Å². The molecule has 0 saturated carbocycles. The van der Waals surface area contributed by atoms with Crippen molar-refractivity contribution in [2.24, 2.45) is 4.99 Å². The predicted molar refractivity (Wildman–Crippen MR) is 112 cm³/mol. The van der Waals surface area contributed by atoms with Gasteiger partial charge in [-0.15, -0.1) is 0 Å². The Labute approximate surface area is 163 Å². The number of rotatable bonds is 7. The Morgan fingerprint density at radius 1 is 1.15 bits per heavy atom. The summed E-state index contributed by atoms with van der Waals surface area (Å²) >= 11 is 0. The van der Waals surface area contributed by atoms with Crippen LogP contribution in [0.15, 0.2) is 53.8 Å². The molecule has 1 heterocycles. The molecule has 5 heteroatoms. The smallest absolute Gasteiger partial charge is 0.191 e. The first-order valence-electron chi connectivity index (χ1n) is 9.59. The van der Waals surface area contributed by atoms with Gasteiger partial charge in [-0.05, 0) is 41.5 Å². The summed E-state index contributed by atoms with van der Waals surface area (Å²) in [6.45, 7) is 10.4. The largest absolute Gasteiger partial charge is 0.386 e. The van der Waals surface area contributed by atoms with E-state index in [9.17, 15) is 5.11 Å². The molecule has 5 nitrogen and oxygen atoms in total. The fourth-order valence-corrected chi connectivity index (χ4v) is 2.70. The van der Waals surface area contributed by atoms with E-state index in [0.29, 0.717) is 12.5 Å². The molecule has 0 saturated heterocycles. The highest BCUT2D eigenvalue weighted by Crippen LogP contribution is 2.24. The van der Waals surface area contributed by atoms with Crippen molar-refractivity contribution in [3.05, 3.63) is 65.5 Å². The lowest BCUT2D eigenvalue weighted by Gasteiger charge is -2.20. The van der Waals surface area contributed by atoms with E-state index in [0.717, 1.165) is 25.1 Å². The molecule has 2 aromatic rings. The van der Waals surface area contributed by atoms with Crippen LogP contribution in [0, 0.1) is 0 Å². The zero-order chi connectivity index (χ0) is 19.7. The Kier molecular flexibility index (Phi) is 7.80. The van der Waals surface area contributed by atoms with Gasteiger partial charge in [-0.25, -0.2) is 0 Å². The Balaban J connectivity index is 1.90. The molecular formula is C22H32N4O. The van der Waals surface area contributed by atoms with Crippen LogP contribution in [0.4, 0.5) is 0 Å². The lowest BCUT2D eigenvalue weighted by Crippen LogP contribution is -2.38. The molecule has 0 aliphatic rings. The van der Waals surface area contributed by atoms with Crippen LogP contribution >= 0.6 is 0 Å². The fourth-order valence-electron chi connectivity index (χ4n) is 2.70. The third-order valence-electron chi connectivity index (χ3n) is 4.36. The van der Waals surface area contributed by atoms with Gasteiger partial charge in [0.15, 0.2) is 5.96 Å². The summed E-state index contributed by atoms with van der Waals surface area (Å²) in [6.07, 6.45) is 3.90. The summed E-state index contributed by atoms with van der Waals surface area (Å²) in [5.74, 6) is 0.715. The molecule has 2 rings (SSSR count). The first-order valence-corrected chi connectivity index (χ1v) is 9.59. The van der Waals surface area contributed by atoms with Gasteiger partial charge in [0.1, 0.15) is 0 Å². The van der Waals surface area contributed by atoms with Crippen molar-refractivity contribution in [2.75, 3.05) is 19.6 Å².